The zero-order valence-electron chi connectivity index (χ0n) is 11.2. The van der Waals surface area contributed by atoms with E-state index in [0.29, 0.717) is 6.54 Å². The first-order chi connectivity index (χ1) is 9.20. The van der Waals surface area contributed by atoms with E-state index < -0.39 is 5.92 Å². The standard InChI is InChI=1S/C15H19N3O/c1-17-7-9-18(10-8-17)12-15(19)14(11-16)13-5-3-2-4-6-13/h2-6,14H,7-10,12H2,1H3. The first kappa shape index (κ1) is 13.7. The first-order valence-corrected chi connectivity index (χ1v) is 6.59. The minimum Gasteiger partial charge on any atom is -0.304 e. The third-order valence-corrected chi connectivity index (χ3v) is 3.56. The highest BCUT2D eigenvalue weighted by Crippen LogP contribution is 2.16. The number of Topliss-reactive ketones (excluding diaryl/α,β-unsaturated/α-hetero) is 1. The number of nitriles is 1. The fraction of sp³-hybridized carbons (Fsp3) is 0.467. The van der Waals surface area contributed by atoms with Crippen LogP contribution in [0.1, 0.15) is 11.5 Å². The van der Waals surface area contributed by atoms with Crippen LogP contribution in [0.15, 0.2) is 30.3 Å². The Kier molecular flexibility index (Phi) is 4.67. The quantitative estimate of drug-likeness (QED) is 0.810. The van der Waals surface area contributed by atoms with Crippen molar-refractivity contribution in [3.63, 3.8) is 0 Å². The third kappa shape index (κ3) is 3.63. The van der Waals surface area contributed by atoms with E-state index in [9.17, 15) is 10.1 Å². The van der Waals surface area contributed by atoms with Crippen LogP contribution >= 0.6 is 0 Å². The Balaban J connectivity index is 1.97. The summed E-state index contributed by atoms with van der Waals surface area (Å²) in [5.74, 6) is -0.640. The van der Waals surface area contributed by atoms with Crippen LogP contribution in [0.4, 0.5) is 0 Å². The van der Waals surface area contributed by atoms with Gasteiger partial charge in [-0.25, -0.2) is 0 Å². The Morgan fingerprint density at radius 2 is 1.89 bits per heavy atom. The summed E-state index contributed by atoms with van der Waals surface area (Å²) in [6, 6.07) is 11.4. The fourth-order valence-electron chi connectivity index (χ4n) is 2.30. The molecule has 1 unspecified atom stereocenters. The zero-order chi connectivity index (χ0) is 13.7. The van der Waals surface area contributed by atoms with Crippen molar-refractivity contribution in [2.24, 2.45) is 0 Å². The van der Waals surface area contributed by atoms with Gasteiger partial charge in [-0.15, -0.1) is 0 Å². The molecule has 2 rings (SSSR count). The maximum atomic E-state index is 12.2. The number of rotatable bonds is 4. The van der Waals surface area contributed by atoms with Crippen LogP contribution in [-0.2, 0) is 4.79 Å². The van der Waals surface area contributed by atoms with Gasteiger partial charge in [-0.3, -0.25) is 9.69 Å². The van der Waals surface area contributed by atoms with Crippen LogP contribution in [0, 0.1) is 11.3 Å². The molecule has 4 heteroatoms. The molecule has 0 N–H and O–H groups in total. The Labute approximate surface area is 114 Å². The molecule has 0 radical (unpaired) electrons. The van der Waals surface area contributed by atoms with Crippen molar-refractivity contribution in [2.75, 3.05) is 39.8 Å². The Morgan fingerprint density at radius 1 is 1.26 bits per heavy atom. The van der Waals surface area contributed by atoms with E-state index in [1.165, 1.54) is 0 Å². The number of nitrogens with zero attached hydrogens (tertiary/aromatic N) is 3. The summed E-state index contributed by atoms with van der Waals surface area (Å²) in [6.45, 7) is 4.14. The van der Waals surface area contributed by atoms with Crippen LogP contribution in [0.2, 0.25) is 0 Å². The van der Waals surface area contributed by atoms with Crippen LogP contribution in [-0.4, -0.2) is 55.4 Å². The molecule has 1 saturated heterocycles. The minimum absolute atomic E-state index is 0.00162. The smallest absolute Gasteiger partial charge is 0.168 e. The molecule has 0 saturated carbocycles. The highest BCUT2D eigenvalue weighted by Gasteiger charge is 2.23. The second kappa shape index (κ2) is 6.46. The van der Waals surface area contributed by atoms with Crippen molar-refractivity contribution < 1.29 is 4.79 Å². The molecule has 4 nitrogen and oxygen atoms in total. The van der Waals surface area contributed by atoms with E-state index >= 15 is 0 Å². The van der Waals surface area contributed by atoms with Gasteiger partial charge in [0.25, 0.3) is 0 Å². The Hall–Kier alpha value is -1.70. The summed E-state index contributed by atoms with van der Waals surface area (Å²) in [7, 11) is 2.08. The maximum absolute atomic E-state index is 12.2. The van der Waals surface area contributed by atoms with E-state index in [4.69, 9.17) is 0 Å². The summed E-state index contributed by atoms with van der Waals surface area (Å²) in [5, 5.41) is 9.22. The Bertz CT molecular complexity index is 458. The topological polar surface area (TPSA) is 47.3 Å². The highest BCUT2D eigenvalue weighted by molar-refractivity contribution is 5.90. The van der Waals surface area contributed by atoms with Gasteiger partial charge in [0, 0.05) is 26.2 Å². The van der Waals surface area contributed by atoms with Crippen molar-refractivity contribution in [1.29, 1.82) is 5.26 Å². The number of likely N-dealkylation sites (N-methyl/N-ethyl adjacent to an activating group) is 1. The van der Waals surface area contributed by atoms with Crippen molar-refractivity contribution in [2.45, 2.75) is 5.92 Å². The minimum atomic E-state index is -0.638. The second-order valence-electron chi connectivity index (χ2n) is 5.02. The predicted molar refractivity (Wildman–Crippen MR) is 73.7 cm³/mol. The summed E-state index contributed by atoms with van der Waals surface area (Å²) < 4.78 is 0. The van der Waals surface area contributed by atoms with Crippen LogP contribution in [0.3, 0.4) is 0 Å². The number of carbonyl (C=O) groups is 1. The molecule has 0 aromatic heterocycles. The molecule has 1 fully saturated rings. The second-order valence-corrected chi connectivity index (χ2v) is 5.02. The summed E-state index contributed by atoms with van der Waals surface area (Å²) in [4.78, 5) is 16.6. The van der Waals surface area contributed by atoms with Crippen molar-refractivity contribution >= 4 is 5.78 Å². The van der Waals surface area contributed by atoms with Gasteiger partial charge in [0.15, 0.2) is 5.78 Å². The SMILES string of the molecule is CN1CCN(CC(=O)C(C#N)c2ccccc2)CC1. The number of piperazine rings is 1. The average Bonchev–Trinajstić information content (AvgIpc) is 2.43. The summed E-state index contributed by atoms with van der Waals surface area (Å²) in [5.41, 5.74) is 0.795. The molecule has 0 bridgehead atoms. The molecular formula is C15H19N3O. The number of carbonyl (C=O) groups excluding carboxylic acids is 1. The van der Waals surface area contributed by atoms with Gasteiger partial charge in [-0.2, -0.15) is 5.26 Å². The van der Waals surface area contributed by atoms with E-state index in [-0.39, 0.29) is 5.78 Å². The van der Waals surface area contributed by atoms with Gasteiger partial charge in [-0.05, 0) is 12.6 Å². The van der Waals surface area contributed by atoms with Crippen LogP contribution in [0.5, 0.6) is 0 Å². The molecule has 1 heterocycles. The largest absolute Gasteiger partial charge is 0.304 e. The molecule has 1 aliphatic rings. The van der Waals surface area contributed by atoms with Crippen LogP contribution in [0.25, 0.3) is 0 Å². The van der Waals surface area contributed by atoms with Gasteiger partial charge in [0.1, 0.15) is 5.92 Å². The lowest BCUT2D eigenvalue weighted by molar-refractivity contribution is -0.120. The molecule has 0 amide bonds. The molecular weight excluding hydrogens is 238 g/mol. The number of benzene rings is 1. The van der Waals surface area contributed by atoms with Crippen molar-refractivity contribution in [3.05, 3.63) is 35.9 Å². The maximum Gasteiger partial charge on any atom is 0.168 e. The summed E-state index contributed by atoms with van der Waals surface area (Å²) >= 11 is 0. The van der Waals surface area contributed by atoms with Gasteiger partial charge in [-0.1, -0.05) is 30.3 Å². The van der Waals surface area contributed by atoms with Crippen molar-refractivity contribution in [3.8, 4) is 6.07 Å². The molecule has 1 aliphatic heterocycles. The first-order valence-electron chi connectivity index (χ1n) is 6.59. The molecule has 100 valence electrons. The molecule has 1 atom stereocenters. The molecule has 0 spiro atoms. The van der Waals surface area contributed by atoms with E-state index in [0.717, 1.165) is 31.7 Å². The Morgan fingerprint density at radius 3 is 2.47 bits per heavy atom. The van der Waals surface area contributed by atoms with Gasteiger partial charge >= 0.3 is 0 Å². The van der Waals surface area contributed by atoms with E-state index in [1.807, 2.05) is 30.3 Å². The molecule has 1 aromatic carbocycles. The van der Waals surface area contributed by atoms with E-state index in [1.54, 1.807) is 0 Å². The van der Waals surface area contributed by atoms with Gasteiger partial charge in [0.2, 0.25) is 0 Å². The predicted octanol–water partition coefficient (Wildman–Crippen LogP) is 1.11. The number of hydrogen-bond acceptors (Lipinski definition) is 4. The molecule has 0 aliphatic carbocycles. The lowest BCUT2D eigenvalue weighted by atomic mass is 9.96. The lowest BCUT2D eigenvalue weighted by Gasteiger charge is -2.32. The lowest BCUT2D eigenvalue weighted by Crippen LogP contribution is -2.46. The molecule has 19 heavy (non-hydrogen) atoms. The van der Waals surface area contributed by atoms with Crippen molar-refractivity contribution in [1.82, 2.24) is 9.80 Å². The number of ketones is 1. The monoisotopic (exact) mass is 257 g/mol. The third-order valence-electron chi connectivity index (χ3n) is 3.56. The normalized spacial score (nSPS) is 18.7. The fourth-order valence-corrected chi connectivity index (χ4v) is 2.30. The van der Waals surface area contributed by atoms with Gasteiger partial charge in [0.05, 0.1) is 12.6 Å². The van der Waals surface area contributed by atoms with Crippen LogP contribution < -0.4 is 0 Å². The zero-order valence-corrected chi connectivity index (χ0v) is 11.2. The highest BCUT2D eigenvalue weighted by atomic mass is 16.1. The average molecular weight is 257 g/mol. The number of hydrogen-bond donors (Lipinski definition) is 0. The summed E-state index contributed by atoms with van der Waals surface area (Å²) in [6.07, 6.45) is 0. The van der Waals surface area contributed by atoms with E-state index in [2.05, 4.69) is 22.9 Å². The van der Waals surface area contributed by atoms with Gasteiger partial charge < -0.3 is 4.90 Å². The molecule has 1 aromatic rings.